The number of nitrogens with one attached hydrogen (secondary N) is 4. The molecule has 0 aliphatic heterocycles. The quantitative estimate of drug-likeness (QED) is 0.212. The molecule has 1 aromatic carbocycles. The first-order valence-corrected chi connectivity index (χ1v) is 10.9. The molecule has 3 aromatic rings. The van der Waals surface area contributed by atoms with Gasteiger partial charge < -0.3 is 15.5 Å². The molecule has 0 spiro atoms. The van der Waals surface area contributed by atoms with Gasteiger partial charge in [-0.25, -0.2) is 9.97 Å². The molecule has 2 heterocycles. The van der Waals surface area contributed by atoms with Crippen LogP contribution in [-0.4, -0.2) is 44.7 Å². The standard InChI is InChI=1S/C25H28N8/c1-18(31-20-6-3-5-19(15-20)24(27)32(16-26)21-10-11-21)8-9-22(12-14-28-2)33-17-30-25-23(33)7-4-13-29-25/h3-7,9,12-17,21,26-28,31H,1,8,10-11H2,2H3/b14-12-,22-9+,26-16?,27-24?. The van der Waals surface area contributed by atoms with Crippen molar-refractivity contribution in [2.75, 3.05) is 12.4 Å². The van der Waals surface area contributed by atoms with Crippen molar-refractivity contribution in [2.45, 2.75) is 25.3 Å². The van der Waals surface area contributed by atoms with Crippen LogP contribution in [0.3, 0.4) is 0 Å². The SMILES string of the molecule is C=C(C/C=C(\C=C/NC)n1cnc2ncccc21)Nc1cccc(C(=N)N(C=N)C2CC2)c1. The van der Waals surface area contributed by atoms with E-state index in [4.69, 9.17) is 10.8 Å². The van der Waals surface area contributed by atoms with Crippen LogP contribution in [0.4, 0.5) is 5.69 Å². The number of nitrogens with zero attached hydrogens (tertiary/aromatic N) is 4. The maximum atomic E-state index is 8.47. The lowest BCUT2D eigenvalue weighted by atomic mass is 10.1. The normalized spacial score (nSPS) is 13.8. The van der Waals surface area contributed by atoms with E-state index in [1.54, 1.807) is 17.4 Å². The van der Waals surface area contributed by atoms with Gasteiger partial charge in [0.15, 0.2) is 5.65 Å². The Bertz CT molecular complexity index is 1230. The minimum atomic E-state index is 0.283. The van der Waals surface area contributed by atoms with E-state index in [0.29, 0.717) is 17.9 Å². The maximum Gasteiger partial charge on any atom is 0.177 e. The first-order valence-electron chi connectivity index (χ1n) is 10.9. The Labute approximate surface area is 193 Å². The van der Waals surface area contributed by atoms with Crippen LogP contribution >= 0.6 is 0 Å². The Morgan fingerprint density at radius 2 is 2.12 bits per heavy atom. The van der Waals surface area contributed by atoms with Crippen LogP contribution < -0.4 is 10.6 Å². The monoisotopic (exact) mass is 440 g/mol. The van der Waals surface area contributed by atoms with Gasteiger partial charge in [-0.05, 0) is 49.4 Å². The number of imidazole rings is 1. The summed E-state index contributed by atoms with van der Waals surface area (Å²) in [6.45, 7) is 4.18. The highest BCUT2D eigenvalue weighted by Gasteiger charge is 2.30. The Balaban J connectivity index is 1.48. The van der Waals surface area contributed by atoms with E-state index in [1.165, 1.54) is 6.34 Å². The Kier molecular flexibility index (Phi) is 6.64. The number of allylic oxidation sites excluding steroid dienone is 3. The zero-order chi connectivity index (χ0) is 23.2. The molecule has 8 nitrogen and oxygen atoms in total. The fraction of sp³-hybridized carbons (Fsp3) is 0.200. The van der Waals surface area contributed by atoms with Crippen LogP contribution in [0.1, 0.15) is 24.8 Å². The second-order valence-electron chi connectivity index (χ2n) is 7.84. The van der Waals surface area contributed by atoms with Crippen LogP contribution in [0.5, 0.6) is 0 Å². The highest BCUT2D eigenvalue weighted by Crippen LogP contribution is 2.27. The predicted molar refractivity (Wildman–Crippen MR) is 134 cm³/mol. The molecule has 33 heavy (non-hydrogen) atoms. The van der Waals surface area contributed by atoms with Crippen LogP contribution in [0.2, 0.25) is 0 Å². The van der Waals surface area contributed by atoms with Crippen molar-refractivity contribution in [2.24, 2.45) is 0 Å². The summed E-state index contributed by atoms with van der Waals surface area (Å²) >= 11 is 0. The van der Waals surface area contributed by atoms with Gasteiger partial charge in [-0.2, -0.15) is 0 Å². The summed E-state index contributed by atoms with van der Waals surface area (Å²) in [6.07, 6.45) is 13.3. The molecule has 4 N–H and O–H groups in total. The molecule has 1 aliphatic carbocycles. The molecule has 0 atom stereocenters. The van der Waals surface area contributed by atoms with Crippen molar-refractivity contribution >= 4 is 34.7 Å². The molecule has 0 unspecified atom stereocenters. The molecule has 1 aliphatic rings. The Morgan fingerprint density at radius 1 is 1.27 bits per heavy atom. The fourth-order valence-electron chi connectivity index (χ4n) is 3.55. The lowest BCUT2D eigenvalue weighted by Crippen LogP contribution is -2.31. The summed E-state index contributed by atoms with van der Waals surface area (Å²) in [5.41, 5.74) is 5.03. The summed E-state index contributed by atoms with van der Waals surface area (Å²) in [6, 6.07) is 11.9. The van der Waals surface area contributed by atoms with Crippen molar-refractivity contribution in [1.29, 1.82) is 10.8 Å². The van der Waals surface area contributed by atoms with Crippen LogP contribution in [0.25, 0.3) is 16.9 Å². The first-order chi connectivity index (χ1) is 16.1. The second-order valence-corrected chi connectivity index (χ2v) is 7.84. The third-order valence-electron chi connectivity index (χ3n) is 5.37. The van der Waals surface area contributed by atoms with Crippen LogP contribution in [0.15, 0.2) is 79.6 Å². The molecule has 0 amide bonds. The van der Waals surface area contributed by atoms with Crippen molar-refractivity contribution in [3.8, 4) is 0 Å². The first kappa shape index (κ1) is 22.0. The van der Waals surface area contributed by atoms with Crippen molar-refractivity contribution < 1.29 is 0 Å². The van der Waals surface area contributed by atoms with Crippen molar-refractivity contribution in [3.05, 3.63) is 85.1 Å². The van der Waals surface area contributed by atoms with E-state index in [0.717, 1.165) is 41.0 Å². The number of pyridine rings is 1. The molecule has 1 saturated carbocycles. The minimum absolute atomic E-state index is 0.283. The molecule has 168 valence electrons. The minimum Gasteiger partial charge on any atom is -0.394 e. The number of hydrogen-bond acceptors (Lipinski definition) is 6. The third-order valence-corrected chi connectivity index (χ3v) is 5.37. The summed E-state index contributed by atoms with van der Waals surface area (Å²) in [4.78, 5) is 10.4. The number of amidine groups is 1. The van der Waals surface area contributed by atoms with Gasteiger partial charge in [0.1, 0.15) is 12.2 Å². The average molecular weight is 441 g/mol. The van der Waals surface area contributed by atoms with Crippen molar-refractivity contribution in [1.82, 2.24) is 24.8 Å². The van der Waals surface area contributed by atoms with Gasteiger partial charge in [0.25, 0.3) is 0 Å². The van der Waals surface area contributed by atoms with Gasteiger partial charge in [-0.1, -0.05) is 24.8 Å². The van der Waals surface area contributed by atoms with E-state index in [9.17, 15) is 0 Å². The molecule has 0 bridgehead atoms. The molecule has 0 radical (unpaired) electrons. The summed E-state index contributed by atoms with van der Waals surface area (Å²) < 4.78 is 2.00. The van der Waals surface area contributed by atoms with Gasteiger partial charge in [-0.15, -0.1) is 0 Å². The largest absolute Gasteiger partial charge is 0.394 e. The second kappa shape index (κ2) is 9.95. The molecular weight excluding hydrogens is 412 g/mol. The maximum absolute atomic E-state index is 8.47. The molecular formula is C25H28N8. The van der Waals surface area contributed by atoms with Gasteiger partial charge >= 0.3 is 0 Å². The van der Waals surface area contributed by atoms with Gasteiger partial charge in [0.05, 0.1) is 11.9 Å². The molecule has 0 saturated heterocycles. The topological polar surface area (TPSA) is 106 Å². The van der Waals surface area contributed by atoms with E-state index in [1.807, 2.05) is 60.3 Å². The number of benzene rings is 1. The summed E-state index contributed by atoms with van der Waals surface area (Å²) in [7, 11) is 1.86. The van der Waals surface area contributed by atoms with Crippen LogP contribution in [0, 0.1) is 10.8 Å². The van der Waals surface area contributed by atoms with Gasteiger partial charge in [-0.3, -0.25) is 15.4 Å². The van der Waals surface area contributed by atoms with E-state index in [-0.39, 0.29) is 6.04 Å². The Morgan fingerprint density at radius 3 is 2.88 bits per heavy atom. The smallest absolute Gasteiger partial charge is 0.177 e. The molecule has 1 fully saturated rings. The number of anilines is 1. The fourth-order valence-corrected chi connectivity index (χ4v) is 3.55. The van der Waals surface area contributed by atoms with Crippen molar-refractivity contribution in [3.63, 3.8) is 0 Å². The van der Waals surface area contributed by atoms with E-state index in [2.05, 4.69) is 33.3 Å². The molecule has 4 rings (SSSR count). The third kappa shape index (κ3) is 5.17. The van der Waals surface area contributed by atoms with Gasteiger partial charge in [0, 0.05) is 48.4 Å². The average Bonchev–Trinajstić information content (AvgIpc) is 3.58. The lowest BCUT2D eigenvalue weighted by Gasteiger charge is -2.20. The summed E-state index contributed by atoms with van der Waals surface area (Å²) in [5, 5.41) is 22.5. The van der Waals surface area contributed by atoms with E-state index >= 15 is 0 Å². The molecule has 8 heteroatoms. The highest BCUT2D eigenvalue weighted by molar-refractivity contribution is 6.03. The number of fused-ring (bicyclic) bond motifs is 1. The number of hydrogen-bond donors (Lipinski definition) is 4. The predicted octanol–water partition coefficient (Wildman–Crippen LogP) is 4.42. The number of rotatable bonds is 10. The highest BCUT2D eigenvalue weighted by atomic mass is 15.2. The van der Waals surface area contributed by atoms with Gasteiger partial charge in [0.2, 0.25) is 0 Å². The lowest BCUT2D eigenvalue weighted by molar-refractivity contribution is 0.608. The van der Waals surface area contributed by atoms with E-state index < -0.39 is 0 Å². The summed E-state index contributed by atoms with van der Waals surface area (Å²) in [5.74, 6) is 0.349. The molecule has 2 aromatic heterocycles. The Hall–Kier alpha value is -4.20. The zero-order valence-electron chi connectivity index (χ0n) is 18.6. The van der Waals surface area contributed by atoms with Crippen LogP contribution in [-0.2, 0) is 0 Å². The number of aromatic nitrogens is 3. The zero-order valence-corrected chi connectivity index (χ0v) is 18.6.